The van der Waals surface area contributed by atoms with Crippen molar-refractivity contribution in [3.05, 3.63) is 63.7 Å². The highest BCUT2D eigenvalue weighted by Gasteiger charge is 2.20. The molecule has 2 aromatic rings. The van der Waals surface area contributed by atoms with Gasteiger partial charge in [-0.3, -0.25) is 14.9 Å². The number of hydrogen-bond acceptors (Lipinski definition) is 7. The number of carbonyl (C=O) groups excluding carboxylic acids is 2. The quantitative estimate of drug-likeness (QED) is 0.325. The number of nitro groups is 1. The second-order valence-electron chi connectivity index (χ2n) is 5.58. The fraction of sp³-hybridized carbons (Fsp3) is 0.222. The smallest absolute Gasteiger partial charge is 0.338 e. The Labute approximate surface area is 150 Å². The van der Waals surface area contributed by atoms with Crippen molar-refractivity contribution >= 4 is 23.1 Å². The summed E-state index contributed by atoms with van der Waals surface area (Å²) in [6.07, 6.45) is 0. The Kier molecular flexibility index (Phi) is 5.90. The summed E-state index contributed by atoms with van der Waals surface area (Å²) in [7, 11) is 4.83. The Balaban J connectivity index is 2.08. The molecule has 136 valence electrons. The third kappa shape index (κ3) is 4.35. The Morgan fingerprint density at radius 1 is 1.08 bits per heavy atom. The summed E-state index contributed by atoms with van der Waals surface area (Å²) in [5.74, 6) is -0.590. The van der Waals surface area contributed by atoms with Crippen molar-refractivity contribution in [2.75, 3.05) is 32.7 Å². The van der Waals surface area contributed by atoms with Gasteiger partial charge in [-0.1, -0.05) is 0 Å². The second kappa shape index (κ2) is 8.11. The van der Waals surface area contributed by atoms with Crippen LogP contribution in [0, 0.1) is 10.1 Å². The van der Waals surface area contributed by atoms with Crippen LogP contribution in [-0.2, 0) is 4.74 Å². The van der Waals surface area contributed by atoms with Crippen LogP contribution >= 0.6 is 0 Å². The largest absolute Gasteiger partial charge is 0.497 e. The number of anilines is 1. The van der Waals surface area contributed by atoms with E-state index in [1.807, 2.05) is 0 Å². The predicted octanol–water partition coefficient (Wildman–Crippen LogP) is 2.71. The molecule has 0 radical (unpaired) electrons. The lowest BCUT2D eigenvalue weighted by Crippen LogP contribution is -2.15. The first-order valence-electron chi connectivity index (χ1n) is 7.63. The molecule has 0 N–H and O–H groups in total. The van der Waals surface area contributed by atoms with Gasteiger partial charge in [0.25, 0.3) is 5.69 Å². The van der Waals surface area contributed by atoms with E-state index in [9.17, 15) is 19.7 Å². The van der Waals surface area contributed by atoms with E-state index in [1.165, 1.54) is 19.2 Å². The van der Waals surface area contributed by atoms with Crippen molar-refractivity contribution in [2.45, 2.75) is 0 Å². The first-order chi connectivity index (χ1) is 12.3. The normalized spacial score (nSPS) is 10.1. The number of nitro benzene ring substituents is 1. The van der Waals surface area contributed by atoms with E-state index in [-0.39, 0.29) is 17.0 Å². The number of carbonyl (C=O) groups is 2. The van der Waals surface area contributed by atoms with Crippen LogP contribution in [0.5, 0.6) is 5.75 Å². The summed E-state index contributed by atoms with van der Waals surface area (Å²) >= 11 is 0. The molecule has 26 heavy (non-hydrogen) atoms. The molecule has 8 heteroatoms. The van der Waals surface area contributed by atoms with Crippen molar-refractivity contribution in [1.82, 2.24) is 0 Å². The molecule has 0 atom stereocenters. The molecule has 0 aliphatic rings. The van der Waals surface area contributed by atoms with Crippen molar-refractivity contribution in [2.24, 2.45) is 0 Å². The van der Waals surface area contributed by atoms with Gasteiger partial charge < -0.3 is 14.4 Å². The Hall–Kier alpha value is -3.42. The van der Waals surface area contributed by atoms with Crippen LogP contribution in [0.25, 0.3) is 0 Å². The van der Waals surface area contributed by atoms with E-state index in [1.54, 1.807) is 43.3 Å². The number of esters is 1. The second-order valence-corrected chi connectivity index (χ2v) is 5.58. The third-order valence-corrected chi connectivity index (χ3v) is 3.64. The molecule has 0 aromatic heterocycles. The van der Waals surface area contributed by atoms with Gasteiger partial charge in [-0.25, -0.2) is 4.79 Å². The molecule has 2 rings (SSSR count). The number of ketones is 1. The standard InChI is InChI=1S/C18H18N2O6/c1-19(2)15-9-6-13(10-16(15)20(23)24)18(22)26-11-17(21)12-4-7-14(25-3)8-5-12/h4-10H,11H2,1-3H3. The summed E-state index contributed by atoms with van der Waals surface area (Å²) in [5, 5.41) is 11.2. The SMILES string of the molecule is COc1ccc(C(=O)COC(=O)c2ccc(N(C)C)c([N+](=O)[O-])c2)cc1. The molecule has 0 saturated carbocycles. The number of methoxy groups -OCH3 is 1. The van der Waals surface area contributed by atoms with Crippen molar-refractivity contribution in [1.29, 1.82) is 0 Å². The Bertz CT molecular complexity index is 830. The van der Waals surface area contributed by atoms with Crippen LogP contribution in [0.3, 0.4) is 0 Å². The molecule has 8 nitrogen and oxygen atoms in total. The van der Waals surface area contributed by atoms with E-state index in [0.29, 0.717) is 17.0 Å². The summed E-state index contributed by atoms with van der Waals surface area (Å²) in [6, 6.07) is 10.4. The van der Waals surface area contributed by atoms with E-state index >= 15 is 0 Å². The average Bonchev–Trinajstić information content (AvgIpc) is 2.65. The molecule has 0 bridgehead atoms. The van der Waals surface area contributed by atoms with Crippen LogP contribution in [0.4, 0.5) is 11.4 Å². The molecule has 0 aliphatic carbocycles. The topological polar surface area (TPSA) is 99.0 Å². The highest BCUT2D eigenvalue weighted by atomic mass is 16.6. The van der Waals surface area contributed by atoms with Gasteiger partial charge in [-0.05, 0) is 36.4 Å². The number of ether oxygens (including phenoxy) is 2. The first-order valence-corrected chi connectivity index (χ1v) is 7.63. The summed E-state index contributed by atoms with van der Waals surface area (Å²) in [5.41, 5.74) is 0.518. The van der Waals surface area contributed by atoms with Gasteiger partial charge in [-0.15, -0.1) is 0 Å². The summed E-state index contributed by atoms with van der Waals surface area (Å²) in [6.45, 7) is -0.464. The molecule has 0 spiro atoms. The van der Waals surface area contributed by atoms with Gasteiger partial charge in [0.15, 0.2) is 12.4 Å². The number of nitrogens with zero attached hydrogens (tertiary/aromatic N) is 2. The van der Waals surface area contributed by atoms with Crippen molar-refractivity contribution in [3.8, 4) is 5.75 Å². The summed E-state index contributed by atoms with van der Waals surface area (Å²) < 4.78 is 9.99. The average molecular weight is 358 g/mol. The minimum Gasteiger partial charge on any atom is -0.497 e. The van der Waals surface area contributed by atoms with Gasteiger partial charge in [-0.2, -0.15) is 0 Å². The molecule has 0 unspecified atom stereocenters. The monoisotopic (exact) mass is 358 g/mol. The van der Waals surface area contributed by atoms with Gasteiger partial charge in [0.1, 0.15) is 11.4 Å². The highest BCUT2D eigenvalue weighted by molar-refractivity contribution is 5.99. The fourth-order valence-electron chi connectivity index (χ4n) is 2.25. The molecule has 0 heterocycles. The lowest BCUT2D eigenvalue weighted by atomic mass is 10.1. The van der Waals surface area contributed by atoms with Crippen LogP contribution in [0.2, 0.25) is 0 Å². The van der Waals surface area contributed by atoms with Gasteiger partial charge in [0.2, 0.25) is 0 Å². The fourth-order valence-corrected chi connectivity index (χ4v) is 2.25. The lowest BCUT2D eigenvalue weighted by molar-refractivity contribution is -0.384. The van der Waals surface area contributed by atoms with Crippen LogP contribution < -0.4 is 9.64 Å². The lowest BCUT2D eigenvalue weighted by Gasteiger charge is -2.13. The number of rotatable bonds is 7. The molecule has 0 aliphatic heterocycles. The Morgan fingerprint density at radius 2 is 1.69 bits per heavy atom. The zero-order valence-electron chi connectivity index (χ0n) is 14.6. The minimum atomic E-state index is -0.805. The highest BCUT2D eigenvalue weighted by Crippen LogP contribution is 2.28. The van der Waals surface area contributed by atoms with Crippen LogP contribution in [0.15, 0.2) is 42.5 Å². The van der Waals surface area contributed by atoms with E-state index < -0.39 is 17.5 Å². The maximum atomic E-state index is 12.1. The maximum absolute atomic E-state index is 12.1. The van der Waals surface area contributed by atoms with Crippen LogP contribution in [0.1, 0.15) is 20.7 Å². The van der Waals surface area contributed by atoms with E-state index in [2.05, 4.69) is 0 Å². The first kappa shape index (κ1) is 18.9. The molecule has 0 amide bonds. The third-order valence-electron chi connectivity index (χ3n) is 3.64. The van der Waals surface area contributed by atoms with Crippen molar-refractivity contribution in [3.63, 3.8) is 0 Å². The zero-order valence-corrected chi connectivity index (χ0v) is 14.6. The van der Waals surface area contributed by atoms with E-state index in [4.69, 9.17) is 9.47 Å². The zero-order chi connectivity index (χ0) is 19.3. The molecule has 0 fully saturated rings. The number of Topliss-reactive ketones (excluding diaryl/α,β-unsaturated/α-hetero) is 1. The van der Waals surface area contributed by atoms with Crippen LogP contribution in [-0.4, -0.2) is 44.5 Å². The van der Waals surface area contributed by atoms with Gasteiger partial charge >= 0.3 is 5.97 Å². The van der Waals surface area contributed by atoms with Crippen molar-refractivity contribution < 1.29 is 24.0 Å². The molecule has 0 saturated heterocycles. The maximum Gasteiger partial charge on any atom is 0.338 e. The summed E-state index contributed by atoms with van der Waals surface area (Å²) in [4.78, 5) is 36.3. The van der Waals surface area contributed by atoms with Gasteiger partial charge in [0, 0.05) is 25.7 Å². The molecular weight excluding hydrogens is 340 g/mol. The molecular formula is C18H18N2O6. The Morgan fingerprint density at radius 3 is 2.23 bits per heavy atom. The van der Waals surface area contributed by atoms with E-state index in [0.717, 1.165) is 6.07 Å². The van der Waals surface area contributed by atoms with Gasteiger partial charge in [0.05, 0.1) is 17.6 Å². The number of hydrogen-bond donors (Lipinski definition) is 0. The predicted molar refractivity (Wildman–Crippen MR) is 95.0 cm³/mol. The molecule has 2 aromatic carbocycles. The number of benzene rings is 2. The minimum absolute atomic E-state index is 0.00447.